The average molecular weight is 331 g/mol. The molecule has 1 aliphatic heterocycles. The molecule has 1 saturated carbocycles. The molecule has 1 aliphatic carbocycles. The Bertz CT molecular complexity index is 665. The van der Waals surface area contributed by atoms with Crippen LogP contribution in [0, 0.1) is 18.8 Å². The Hall–Kier alpha value is -2.04. The van der Waals surface area contributed by atoms with Crippen LogP contribution in [-0.4, -0.2) is 42.1 Å². The highest BCUT2D eigenvalue weighted by atomic mass is 16.5. The Morgan fingerprint density at radius 3 is 2.50 bits per heavy atom. The van der Waals surface area contributed by atoms with Crippen LogP contribution in [0.25, 0.3) is 0 Å². The van der Waals surface area contributed by atoms with Gasteiger partial charge in [0.2, 0.25) is 5.91 Å². The van der Waals surface area contributed by atoms with Crippen molar-refractivity contribution in [3.05, 3.63) is 29.3 Å². The molecule has 1 N–H and O–H groups in total. The van der Waals surface area contributed by atoms with Crippen LogP contribution in [0.15, 0.2) is 18.2 Å². The summed E-state index contributed by atoms with van der Waals surface area (Å²) in [4.78, 5) is 26.3. The summed E-state index contributed by atoms with van der Waals surface area (Å²) in [6, 6.07) is 5.98. The number of amides is 1. The number of methoxy groups -OCH3 is 1. The van der Waals surface area contributed by atoms with Gasteiger partial charge in [0.05, 0.1) is 18.4 Å². The Kier molecular flexibility index (Phi) is 4.28. The number of benzene rings is 1. The number of nitrogens with zero attached hydrogens (tertiary/aromatic N) is 1. The van der Waals surface area contributed by atoms with Crippen LogP contribution >= 0.6 is 0 Å². The van der Waals surface area contributed by atoms with Gasteiger partial charge in [-0.1, -0.05) is 25.5 Å². The first-order valence-corrected chi connectivity index (χ1v) is 8.56. The molecule has 130 valence electrons. The van der Waals surface area contributed by atoms with Crippen LogP contribution in [0.3, 0.4) is 0 Å². The molecule has 1 aromatic carbocycles. The fourth-order valence-electron chi connectivity index (χ4n) is 4.03. The van der Waals surface area contributed by atoms with E-state index < -0.39 is 17.3 Å². The predicted molar refractivity (Wildman–Crippen MR) is 90.1 cm³/mol. The number of aryl methyl sites for hydroxylation is 1. The van der Waals surface area contributed by atoms with Crippen molar-refractivity contribution in [1.29, 1.82) is 0 Å². The molecule has 0 aromatic heterocycles. The maximum Gasteiger partial charge on any atom is 0.308 e. The molecular formula is C19H25NO4. The van der Waals surface area contributed by atoms with E-state index >= 15 is 0 Å². The summed E-state index contributed by atoms with van der Waals surface area (Å²) in [5.74, 6) is -0.396. The molecule has 2 fully saturated rings. The van der Waals surface area contributed by atoms with Gasteiger partial charge in [0, 0.05) is 13.1 Å². The Balaban J connectivity index is 1.88. The van der Waals surface area contributed by atoms with Crippen molar-refractivity contribution in [1.82, 2.24) is 4.90 Å². The number of likely N-dealkylation sites (tertiary alicyclic amines) is 1. The highest BCUT2D eigenvalue weighted by molar-refractivity contribution is 5.90. The van der Waals surface area contributed by atoms with E-state index in [0.29, 0.717) is 13.1 Å². The fraction of sp³-hybridized carbons (Fsp3) is 0.579. The smallest absolute Gasteiger partial charge is 0.308 e. The Morgan fingerprint density at radius 1 is 1.29 bits per heavy atom. The molecule has 1 heterocycles. The molecule has 2 atom stereocenters. The van der Waals surface area contributed by atoms with Crippen molar-refractivity contribution in [3.8, 4) is 5.75 Å². The molecule has 5 nitrogen and oxygen atoms in total. The number of hydrogen-bond acceptors (Lipinski definition) is 3. The zero-order chi connectivity index (χ0) is 17.5. The third-order valence-electron chi connectivity index (χ3n) is 5.79. The average Bonchev–Trinajstić information content (AvgIpc) is 2.89. The number of hydrogen-bond donors (Lipinski definition) is 1. The summed E-state index contributed by atoms with van der Waals surface area (Å²) in [5.41, 5.74) is 1.53. The van der Waals surface area contributed by atoms with E-state index in [4.69, 9.17) is 4.74 Å². The number of carboxylic acid groups (broad SMARTS) is 1. The lowest BCUT2D eigenvalue weighted by Gasteiger charge is -2.43. The van der Waals surface area contributed by atoms with Crippen LogP contribution in [-0.2, 0) is 15.0 Å². The minimum atomic E-state index is -0.808. The lowest BCUT2D eigenvalue weighted by atomic mass is 9.63. The molecule has 5 heteroatoms. The number of carboxylic acids is 1. The van der Waals surface area contributed by atoms with Crippen LogP contribution in [0.1, 0.15) is 37.3 Å². The zero-order valence-corrected chi connectivity index (χ0v) is 14.5. The number of carbonyl (C=O) groups excluding carboxylic acids is 1. The fourth-order valence-corrected chi connectivity index (χ4v) is 4.03. The lowest BCUT2D eigenvalue weighted by molar-refractivity contribution is -0.143. The standard InChI is InChI=1S/C19H25NO4/c1-12-5-6-14(9-16(12)24-3)19(7-4-8-19)18(23)20-10-13(2)15(11-20)17(21)22/h5-6,9,13,15H,4,7-8,10-11H2,1-3H3,(H,21,22)/t13-,15-/m1/s1. The van der Waals surface area contributed by atoms with Crippen LogP contribution < -0.4 is 4.74 Å². The maximum absolute atomic E-state index is 13.2. The van der Waals surface area contributed by atoms with Gasteiger partial charge < -0.3 is 14.7 Å². The summed E-state index contributed by atoms with van der Waals surface area (Å²) >= 11 is 0. The van der Waals surface area contributed by atoms with Crippen molar-refractivity contribution >= 4 is 11.9 Å². The second-order valence-electron chi connectivity index (χ2n) is 7.25. The Morgan fingerprint density at radius 2 is 2.00 bits per heavy atom. The molecule has 24 heavy (non-hydrogen) atoms. The molecular weight excluding hydrogens is 306 g/mol. The normalized spacial score (nSPS) is 25.2. The highest BCUT2D eigenvalue weighted by Gasteiger charge is 2.50. The van der Waals surface area contributed by atoms with Crippen LogP contribution in [0.2, 0.25) is 0 Å². The monoisotopic (exact) mass is 331 g/mol. The molecule has 0 spiro atoms. The second-order valence-corrected chi connectivity index (χ2v) is 7.25. The first-order valence-electron chi connectivity index (χ1n) is 8.56. The van der Waals surface area contributed by atoms with Crippen molar-refractivity contribution in [2.24, 2.45) is 11.8 Å². The summed E-state index contributed by atoms with van der Waals surface area (Å²) in [6.45, 7) is 4.74. The van der Waals surface area contributed by atoms with E-state index in [-0.39, 0.29) is 11.8 Å². The van der Waals surface area contributed by atoms with E-state index in [9.17, 15) is 14.7 Å². The molecule has 0 bridgehead atoms. The highest BCUT2D eigenvalue weighted by Crippen LogP contribution is 2.47. The first kappa shape index (κ1) is 16.8. The van der Waals surface area contributed by atoms with Crippen LogP contribution in [0.5, 0.6) is 5.75 Å². The van der Waals surface area contributed by atoms with Gasteiger partial charge in [-0.15, -0.1) is 0 Å². The van der Waals surface area contributed by atoms with E-state index in [0.717, 1.165) is 36.1 Å². The number of aliphatic carboxylic acids is 1. The molecule has 3 rings (SSSR count). The van der Waals surface area contributed by atoms with E-state index in [2.05, 4.69) is 0 Å². The van der Waals surface area contributed by atoms with E-state index in [1.54, 1.807) is 12.0 Å². The summed E-state index contributed by atoms with van der Waals surface area (Å²) in [5, 5.41) is 9.32. The maximum atomic E-state index is 13.2. The summed E-state index contributed by atoms with van der Waals surface area (Å²) in [6.07, 6.45) is 2.66. The minimum absolute atomic E-state index is 0.00358. The van der Waals surface area contributed by atoms with Crippen molar-refractivity contribution < 1.29 is 19.4 Å². The number of carbonyl (C=O) groups is 2. The van der Waals surface area contributed by atoms with Crippen molar-refractivity contribution in [2.45, 2.75) is 38.5 Å². The molecule has 0 radical (unpaired) electrons. The number of rotatable bonds is 4. The topological polar surface area (TPSA) is 66.8 Å². The van der Waals surface area contributed by atoms with Crippen molar-refractivity contribution in [2.75, 3.05) is 20.2 Å². The first-order chi connectivity index (χ1) is 11.4. The van der Waals surface area contributed by atoms with E-state index in [1.165, 1.54) is 0 Å². The van der Waals surface area contributed by atoms with Gasteiger partial charge in [-0.05, 0) is 42.9 Å². The predicted octanol–water partition coefficient (Wildman–Crippen LogP) is 2.60. The molecule has 1 aromatic rings. The summed E-state index contributed by atoms with van der Waals surface area (Å²) in [7, 11) is 1.64. The van der Waals surface area contributed by atoms with Gasteiger partial charge in [-0.2, -0.15) is 0 Å². The Labute approximate surface area is 142 Å². The SMILES string of the molecule is COc1cc(C2(C(=O)N3C[C@@H](C)[C@H](C(=O)O)C3)CCC2)ccc1C. The summed E-state index contributed by atoms with van der Waals surface area (Å²) < 4.78 is 5.42. The third-order valence-corrected chi connectivity index (χ3v) is 5.79. The van der Waals surface area contributed by atoms with Crippen LogP contribution in [0.4, 0.5) is 0 Å². The molecule has 1 saturated heterocycles. The lowest BCUT2D eigenvalue weighted by Crippen LogP contribution is -2.50. The van der Waals surface area contributed by atoms with Gasteiger partial charge in [-0.25, -0.2) is 0 Å². The molecule has 1 amide bonds. The minimum Gasteiger partial charge on any atom is -0.496 e. The van der Waals surface area contributed by atoms with Gasteiger partial charge >= 0.3 is 5.97 Å². The third kappa shape index (κ3) is 2.56. The molecule has 0 unspecified atom stereocenters. The van der Waals surface area contributed by atoms with E-state index in [1.807, 2.05) is 32.0 Å². The van der Waals surface area contributed by atoms with Gasteiger partial charge in [0.15, 0.2) is 0 Å². The van der Waals surface area contributed by atoms with Gasteiger partial charge in [-0.3, -0.25) is 9.59 Å². The second kappa shape index (κ2) is 6.11. The quantitative estimate of drug-likeness (QED) is 0.921. The van der Waals surface area contributed by atoms with Gasteiger partial charge in [0.1, 0.15) is 5.75 Å². The number of ether oxygens (including phenoxy) is 1. The zero-order valence-electron chi connectivity index (χ0n) is 14.5. The van der Waals surface area contributed by atoms with Gasteiger partial charge in [0.25, 0.3) is 0 Å². The van der Waals surface area contributed by atoms with Crippen molar-refractivity contribution in [3.63, 3.8) is 0 Å². The largest absolute Gasteiger partial charge is 0.496 e. The molecule has 2 aliphatic rings.